The van der Waals surface area contributed by atoms with Gasteiger partial charge in [-0.05, 0) is 25.0 Å². The van der Waals surface area contributed by atoms with Crippen LogP contribution in [0.2, 0.25) is 0 Å². The monoisotopic (exact) mass is 273 g/mol. The molecule has 0 aliphatic rings. The number of aromatic nitrogens is 1. The van der Waals surface area contributed by atoms with Crippen molar-refractivity contribution < 1.29 is 5.11 Å². The number of para-hydroxylation sites is 1. The number of unbranched alkanes of at least 4 members (excludes halogenated alkanes) is 4. The minimum atomic E-state index is -0.0725. The van der Waals surface area contributed by atoms with Crippen molar-refractivity contribution in [3.05, 3.63) is 40.2 Å². The zero-order chi connectivity index (χ0) is 14.5. The first kappa shape index (κ1) is 14.6. The lowest BCUT2D eigenvalue weighted by atomic mass is 10.0. The molecular weight excluding hydrogens is 250 g/mol. The van der Waals surface area contributed by atoms with Crippen LogP contribution in [0.5, 0.6) is 5.75 Å². The molecule has 0 aliphatic heterocycles. The van der Waals surface area contributed by atoms with Crippen LogP contribution in [0.3, 0.4) is 0 Å². The van der Waals surface area contributed by atoms with Gasteiger partial charge in [-0.1, -0.05) is 44.7 Å². The summed E-state index contributed by atoms with van der Waals surface area (Å²) in [7, 11) is 1.77. The van der Waals surface area contributed by atoms with Gasteiger partial charge in [0, 0.05) is 12.4 Å². The lowest BCUT2D eigenvalue weighted by Gasteiger charge is -2.11. The predicted molar refractivity (Wildman–Crippen MR) is 83.3 cm³/mol. The van der Waals surface area contributed by atoms with E-state index in [2.05, 4.69) is 6.92 Å². The maximum absolute atomic E-state index is 12.3. The van der Waals surface area contributed by atoms with E-state index >= 15 is 0 Å². The van der Waals surface area contributed by atoms with Gasteiger partial charge in [0.05, 0.1) is 11.1 Å². The summed E-state index contributed by atoms with van der Waals surface area (Å²) in [5, 5.41) is 11.1. The summed E-state index contributed by atoms with van der Waals surface area (Å²) in [5.41, 5.74) is 1.27. The van der Waals surface area contributed by atoms with Crippen LogP contribution in [-0.4, -0.2) is 9.67 Å². The smallest absolute Gasteiger partial charge is 0.257 e. The molecule has 108 valence electrons. The molecule has 1 N–H and O–H groups in total. The van der Waals surface area contributed by atoms with Crippen LogP contribution >= 0.6 is 0 Å². The molecule has 0 saturated heterocycles. The molecule has 0 aliphatic carbocycles. The van der Waals surface area contributed by atoms with Gasteiger partial charge in [0.1, 0.15) is 5.75 Å². The number of nitrogens with zero attached hydrogens (tertiary/aromatic N) is 1. The Labute approximate surface area is 119 Å². The van der Waals surface area contributed by atoms with E-state index in [9.17, 15) is 9.90 Å². The predicted octanol–water partition coefficient (Wildman–Crippen LogP) is 3.76. The molecule has 0 unspecified atom stereocenters. The van der Waals surface area contributed by atoms with Gasteiger partial charge in [-0.15, -0.1) is 0 Å². The maximum atomic E-state index is 12.3. The summed E-state index contributed by atoms with van der Waals surface area (Å²) in [5.74, 6) is 0.166. The minimum Gasteiger partial charge on any atom is -0.507 e. The van der Waals surface area contributed by atoms with E-state index in [0.717, 1.165) is 23.7 Å². The number of aromatic hydroxyl groups is 1. The first-order valence-electron chi connectivity index (χ1n) is 7.46. The van der Waals surface area contributed by atoms with Crippen molar-refractivity contribution in [2.24, 2.45) is 7.05 Å². The quantitative estimate of drug-likeness (QED) is 0.814. The van der Waals surface area contributed by atoms with E-state index in [1.54, 1.807) is 11.6 Å². The highest BCUT2D eigenvalue weighted by molar-refractivity contribution is 5.86. The summed E-state index contributed by atoms with van der Waals surface area (Å²) < 4.78 is 1.64. The van der Waals surface area contributed by atoms with Crippen LogP contribution in [0.15, 0.2) is 29.1 Å². The molecule has 1 aromatic heterocycles. The van der Waals surface area contributed by atoms with Crippen LogP contribution < -0.4 is 5.56 Å². The molecule has 2 rings (SSSR count). The van der Waals surface area contributed by atoms with Crippen LogP contribution in [0.1, 0.15) is 44.6 Å². The highest BCUT2D eigenvalue weighted by Crippen LogP contribution is 2.26. The van der Waals surface area contributed by atoms with E-state index in [4.69, 9.17) is 0 Å². The number of hydrogen-bond acceptors (Lipinski definition) is 2. The highest BCUT2D eigenvalue weighted by atomic mass is 16.3. The molecule has 1 aromatic carbocycles. The molecule has 0 radical (unpaired) electrons. The van der Waals surface area contributed by atoms with Gasteiger partial charge in [-0.25, -0.2) is 0 Å². The molecule has 1 heterocycles. The van der Waals surface area contributed by atoms with Crippen molar-refractivity contribution in [3.63, 3.8) is 0 Å². The molecule has 2 aromatic rings. The Morgan fingerprint density at radius 1 is 1.10 bits per heavy atom. The molecule has 0 atom stereocenters. The Bertz CT molecular complexity index is 643. The molecule has 0 spiro atoms. The Balaban J connectivity index is 2.27. The number of rotatable bonds is 6. The van der Waals surface area contributed by atoms with Crippen LogP contribution in [-0.2, 0) is 13.5 Å². The molecule has 20 heavy (non-hydrogen) atoms. The van der Waals surface area contributed by atoms with Gasteiger partial charge < -0.3 is 9.67 Å². The standard InChI is InChI=1S/C17H23NO2/c1-3-4-5-6-7-11-14-16(19)13-10-8-9-12-15(13)18(2)17(14)20/h8-10,12,19H,3-7,11H2,1-2H3. The Kier molecular flexibility index (Phi) is 4.83. The van der Waals surface area contributed by atoms with Gasteiger partial charge in [0.25, 0.3) is 5.56 Å². The lowest BCUT2D eigenvalue weighted by molar-refractivity contribution is 0.469. The van der Waals surface area contributed by atoms with Crippen molar-refractivity contribution in [3.8, 4) is 5.75 Å². The minimum absolute atomic E-state index is 0.0725. The van der Waals surface area contributed by atoms with Crippen LogP contribution in [0, 0.1) is 0 Å². The lowest BCUT2D eigenvalue weighted by Crippen LogP contribution is -2.21. The van der Waals surface area contributed by atoms with Gasteiger partial charge in [-0.2, -0.15) is 0 Å². The molecule has 3 heteroatoms. The molecule has 0 amide bonds. The zero-order valence-electron chi connectivity index (χ0n) is 12.4. The molecular formula is C17H23NO2. The van der Waals surface area contributed by atoms with E-state index in [-0.39, 0.29) is 11.3 Å². The third kappa shape index (κ3) is 2.87. The fourth-order valence-electron chi connectivity index (χ4n) is 2.67. The fourth-order valence-corrected chi connectivity index (χ4v) is 2.67. The normalized spacial score (nSPS) is 11.1. The average Bonchev–Trinajstić information content (AvgIpc) is 2.48. The number of hydrogen-bond donors (Lipinski definition) is 1. The Hall–Kier alpha value is -1.77. The second-order valence-corrected chi connectivity index (χ2v) is 5.37. The van der Waals surface area contributed by atoms with Crippen LogP contribution in [0.25, 0.3) is 10.9 Å². The Morgan fingerprint density at radius 3 is 2.55 bits per heavy atom. The summed E-state index contributed by atoms with van der Waals surface area (Å²) >= 11 is 0. The first-order chi connectivity index (χ1) is 9.66. The van der Waals surface area contributed by atoms with Gasteiger partial charge in [-0.3, -0.25) is 4.79 Å². The van der Waals surface area contributed by atoms with Crippen molar-refractivity contribution >= 4 is 10.9 Å². The second-order valence-electron chi connectivity index (χ2n) is 5.37. The van der Waals surface area contributed by atoms with Crippen LogP contribution in [0.4, 0.5) is 0 Å². The molecule has 0 saturated carbocycles. The third-order valence-electron chi connectivity index (χ3n) is 3.90. The summed E-state index contributed by atoms with van der Waals surface area (Å²) in [4.78, 5) is 12.3. The summed E-state index contributed by atoms with van der Waals surface area (Å²) in [6.45, 7) is 2.19. The van der Waals surface area contributed by atoms with E-state index in [1.807, 2.05) is 24.3 Å². The molecule has 0 bridgehead atoms. The van der Waals surface area contributed by atoms with Crippen molar-refractivity contribution in [1.82, 2.24) is 4.57 Å². The number of fused-ring (bicyclic) bond motifs is 1. The highest BCUT2D eigenvalue weighted by Gasteiger charge is 2.13. The molecule has 0 fully saturated rings. The second kappa shape index (κ2) is 6.60. The summed E-state index contributed by atoms with van der Waals surface area (Å²) in [6, 6.07) is 7.50. The van der Waals surface area contributed by atoms with E-state index in [0.29, 0.717) is 12.0 Å². The third-order valence-corrected chi connectivity index (χ3v) is 3.90. The SMILES string of the molecule is CCCCCCCc1c(O)c2ccccc2n(C)c1=O. The zero-order valence-corrected chi connectivity index (χ0v) is 12.4. The number of benzene rings is 1. The van der Waals surface area contributed by atoms with Gasteiger partial charge in [0.15, 0.2) is 0 Å². The van der Waals surface area contributed by atoms with Gasteiger partial charge >= 0.3 is 0 Å². The van der Waals surface area contributed by atoms with Gasteiger partial charge in [0.2, 0.25) is 0 Å². The average molecular weight is 273 g/mol. The summed E-state index contributed by atoms with van der Waals surface area (Å²) in [6.07, 6.45) is 6.38. The Morgan fingerprint density at radius 2 is 1.80 bits per heavy atom. The van der Waals surface area contributed by atoms with E-state index < -0.39 is 0 Å². The largest absolute Gasteiger partial charge is 0.507 e. The topological polar surface area (TPSA) is 42.2 Å². The van der Waals surface area contributed by atoms with Crippen molar-refractivity contribution in [2.75, 3.05) is 0 Å². The first-order valence-corrected chi connectivity index (χ1v) is 7.46. The fraction of sp³-hybridized carbons (Fsp3) is 0.471. The maximum Gasteiger partial charge on any atom is 0.257 e. The molecule has 3 nitrogen and oxygen atoms in total. The van der Waals surface area contributed by atoms with Crippen molar-refractivity contribution in [2.45, 2.75) is 45.4 Å². The number of aryl methyl sites for hydroxylation is 1. The van der Waals surface area contributed by atoms with Crippen molar-refractivity contribution in [1.29, 1.82) is 0 Å². The number of pyridine rings is 1. The van der Waals surface area contributed by atoms with E-state index in [1.165, 1.54) is 19.3 Å².